The predicted octanol–water partition coefficient (Wildman–Crippen LogP) is 1.46. The summed E-state index contributed by atoms with van der Waals surface area (Å²) in [4.78, 5) is 11.3. The zero-order valence-corrected chi connectivity index (χ0v) is 13.9. The van der Waals surface area contributed by atoms with E-state index in [0.29, 0.717) is 13.2 Å². The lowest BCUT2D eigenvalue weighted by Gasteiger charge is -2.27. The highest BCUT2D eigenvalue weighted by molar-refractivity contribution is 7.89. The number of carbonyl (C=O) groups is 1. The molecule has 0 N–H and O–H groups in total. The summed E-state index contributed by atoms with van der Waals surface area (Å²) >= 11 is 0. The van der Waals surface area contributed by atoms with Gasteiger partial charge < -0.3 is 9.47 Å². The van der Waals surface area contributed by atoms with E-state index in [0.717, 1.165) is 11.1 Å². The van der Waals surface area contributed by atoms with Crippen LogP contribution in [-0.2, 0) is 24.3 Å². The average Bonchev–Trinajstić information content (AvgIpc) is 3.06. The molecule has 6 nitrogen and oxygen atoms in total. The van der Waals surface area contributed by atoms with Crippen LogP contribution in [0.15, 0.2) is 40.9 Å². The van der Waals surface area contributed by atoms with Crippen molar-refractivity contribution in [3.63, 3.8) is 0 Å². The standard InChI is InChI=1S/C16H19NO5S/c1-11-3-5-14(6-4-11)23(19,20)17-7-13-8-21-9-15(13)16(17)10-22-12(2)18/h3-7,15-16H,8-10H2,1-2H3/t15-,16-/m0/s1. The molecule has 0 aliphatic carbocycles. The number of nitrogens with zero attached hydrogens (tertiary/aromatic N) is 1. The molecule has 0 amide bonds. The second-order valence-corrected chi connectivity index (χ2v) is 7.69. The molecule has 3 rings (SSSR count). The first kappa shape index (κ1) is 16.0. The second-order valence-electron chi connectivity index (χ2n) is 5.84. The monoisotopic (exact) mass is 337 g/mol. The fourth-order valence-electron chi connectivity index (χ4n) is 2.92. The molecular formula is C16H19NO5S. The van der Waals surface area contributed by atoms with Crippen molar-refractivity contribution in [2.24, 2.45) is 5.92 Å². The van der Waals surface area contributed by atoms with Gasteiger partial charge in [-0.15, -0.1) is 0 Å². The third-order valence-electron chi connectivity index (χ3n) is 4.18. The molecule has 0 spiro atoms. The minimum atomic E-state index is -3.68. The maximum absolute atomic E-state index is 12.9. The van der Waals surface area contributed by atoms with Crippen LogP contribution < -0.4 is 0 Å². The first-order valence-corrected chi connectivity index (χ1v) is 8.85. The Labute approximate surface area is 135 Å². The van der Waals surface area contributed by atoms with E-state index in [-0.39, 0.29) is 17.4 Å². The highest BCUT2D eigenvalue weighted by Gasteiger charge is 2.44. The first-order chi connectivity index (χ1) is 10.9. The van der Waals surface area contributed by atoms with Crippen LogP contribution in [0.25, 0.3) is 0 Å². The zero-order chi connectivity index (χ0) is 16.6. The van der Waals surface area contributed by atoms with Crippen molar-refractivity contribution in [3.8, 4) is 0 Å². The quantitative estimate of drug-likeness (QED) is 0.778. The van der Waals surface area contributed by atoms with Crippen molar-refractivity contribution in [2.45, 2.75) is 24.8 Å². The van der Waals surface area contributed by atoms with Crippen molar-refractivity contribution in [1.82, 2.24) is 4.31 Å². The summed E-state index contributed by atoms with van der Waals surface area (Å²) in [5, 5.41) is 0. The first-order valence-electron chi connectivity index (χ1n) is 7.41. The van der Waals surface area contributed by atoms with Crippen LogP contribution >= 0.6 is 0 Å². The molecular weight excluding hydrogens is 318 g/mol. The molecule has 1 aromatic rings. The number of rotatable bonds is 4. The minimum absolute atomic E-state index is 0.0223. The van der Waals surface area contributed by atoms with Crippen molar-refractivity contribution in [1.29, 1.82) is 0 Å². The number of sulfonamides is 1. The van der Waals surface area contributed by atoms with Gasteiger partial charge in [0.05, 0.1) is 24.2 Å². The smallest absolute Gasteiger partial charge is 0.302 e. The largest absolute Gasteiger partial charge is 0.464 e. The number of hydrogen-bond acceptors (Lipinski definition) is 5. The zero-order valence-electron chi connectivity index (χ0n) is 13.1. The van der Waals surface area contributed by atoms with Gasteiger partial charge in [-0.1, -0.05) is 17.7 Å². The second kappa shape index (κ2) is 5.98. The van der Waals surface area contributed by atoms with Crippen molar-refractivity contribution in [2.75, 3.05) is 19.8 Å². The van der Waals surface area contributed by atoms with E-state index in [4.69, 9.17) is 9.47 Å². The molecule has 7 heteroatoms. The van der Waals surface area contributed by atoms with Gasteiger partial charge in [-0.2, -0.15) is 0 Å². The van der Waals surface area contributed by atoms with Crippen molar-refractivity contribution >= 4 is 16.0 Å². The van der Waals surface area contributed by atoms with E-state index < -0.39 is 22.0 Å². The van der Waals surface area contributed by atoms with Gasteiger partial charge in [0, 0.05) is 19.0 Å². The van der Waals surface area contributed by atoms with Gasteiger partial charge in [-0.25, -0.2) is 8.42 Å². The van der Waals surface area contributed by atoms with Gasteiger partial charge in [0.25, 0.3) is 10.0 Å². The Morgan fingerprint density at radius 1 is 1.35 bits per heavy atom. The molecule has 0 saturated carbocycles. The Kier molecular flexibility index (Phi) is 4.16. The number of fused-ring (bicyclic) bond motifs is 1. The van der Waals surface area contributed by atoms with E-state index in [1.165, 1.54) is 11.2 Å². The molecule has 0 bridgehead atoms. The van der Waals surface area contributed by atoms with Crippen LogP contribution in [0.3, 0.4) is 0 Å². The van der Waals surface area contributed by atoms with Gasteiger partial charge >= 0.3 is 5.97 Å². The Bertz CT molecular complexity index is 738. The Balaban J connectivity index is 1.93. The molecule has 1 fully saturated rings. The number of benzene rings is 1. The topological polar surface area (TPSA) is 72.9 Å². The van der Waals surface area contributed by atoms with Crippen LogP contribution in [0.1, 0.15) is 12.5 Å². The lowest BCUT2D eigenvalue weighted by atomic mass is 9.99. The van der Waals surface area contributed by atoms with Gasteiger partial charge in [0.15, 0.2) is 0 Å². The van der Waals surface area contributed by atoms with E-state index in [1.54, 1.807) is 30.5 Å². The van der Waals surface area contributed by atoms with Crippen LogP contribution in [0.4, 0.5) is 0 Å². The Hall–Kier alpha value is -1.86. The molecule has 2 heterocycles. The molecule has 0 aromatic heterocycles. The molecule has 1 aromatic carbocycles. The van der Waals surface area contributed by atoms with Crippen molar-refractivity contribution in [3.05, 3.63) is 41.6 Å². The number of esters is 1. The fourth-order valence-corrected chi connectivity index (χ4v) is 4.48. The molecule has 2 atom stereocenters. The lowest BCUT2D eigenvalue weighted by molar-refractivity contribution is -0.142. The third-order valence-corrected chi connectivity index (χ3v) is 5.98. The third kappa shape index (κ3) is 2.98. The summed E-state index contributed by atoms with van der Waals surface area (Å²) in [5.41, 5.74) is 1.92. The summed E-state index contributed by atoms with van der Waals surface area (Å²) in [7, 11) is -3.68. The number of hydrogen-bond donors (Lipinski definition) is 0. The Morgan fingerprint density at radius 2 is 2.04 bits per heavy atom. The fraction of sp³-hybridized carbons (Fsp3) is 0.438. The summed E-state index contributed by atoms with van der Waals surface area (Å²) in [6.07, 6.45) is 1.63. The summed E-state index contributed by atoms with van der Waals surface area (Å²) in [5.74, 6) is -0.486. The number of ether oxygens (including phenoxy) is 2. The van der Waals surface area contributed by atoms with Crippen LogP contribution in [0.5, 0.6) is 0 Å². The Morgan fingerprint density at radius 3 is 2.70 bits per heavy atom. The van der Waals surface area contributed by atoms with Gasteiger partial charge in [0.1, 0.15) is 6.61 Å². The molecule has 23 heavy (non-hydrogen) atoms. The molecule has 2 aliphatic rings. The molecule has 1 saturated heterocycles. The number of aryl methyl sites for hydroxylation is 1. The maximum Gasteiger partial charge on any atom is 0.302 e. The normalized spacial score (nSPS) is 23.6. The van der Waals surface area contributed by atoms with Gasteiger partial charge in [0.2, 0.25) is 0 Å². The van der Waals surface area contributed by atoms with Gasteiger partial charge in [-0.3, -0.25) is 9.10 Å². The van der Waals surface area contributed by atoms with E-state index in [9.17, 15) is 13.2 Å². The van der Waals surface area contributed by atoms with E-state index in [1.807, 2.05) is 6.92 Å². The minimum Gasteiger partial charge on any atom is -0.464 e. The van der Waals surface area contributed by atoms with Crippen LogP contribution in [-0.4, -0.2) is 44.6 Å². The van der Waals surface area contributed by atoms with E-state index >= 15 is 0 Å². The predicted molar refractivity (Wildman–Crippen MR) is 83.0 cm³/mol. The number of carbonyl (C=O) groups excluding carboxylic acids is 1. The molecule has 2 aliphatic heterocycles. The van der Waals surface area contributed by atoms with Crippen molar-refractivity contribution < 1.29 is 22.7 Å². The van der Waals surface area contributed by atoms with Crippen LogP contribution in [0, 0.1) is 12.8 Å². The lowest BCUT2D eigenvalue weighted by Crippen LogP contribution is -2.41. The average molecular weight is 337 g/mol. The molecule has 0 radical (unpaired) electrons. The molecule has 0 unspecified atom stereocenters. The summed E-state index contributed by atoms with van der Waals surface area (Å²) in [6, 6.07) is 6.26. The van der Waals surface area contributed by atoms with Gasteiger partial charge in [-0.05, 0) is 24.6 Å². The van der Waals surface area contributed by atoms with Crippen LogP contribution in [0.2, 0.25) is 0 Å². The molecule has 124 valence electrons. The van der Waals surface area contributed by atoms with E-state index in [2.05, 4.69) is 0 Å². The highest BCUT2D eigenvalue weighted by Crippen LogP contribution is 2.37. The summed E-state index contributed by atoms with van der Waals surface area (Å²) in [6.45, 7) is 4.10. The SMILES string of the molecule is CC(=O)OC[C@H]1[C@H]2COCC2=CN1S(=O)(=O)c1ccc(C)cc1. The highest BCUT2D eigenvalue weighted by atomic mass is 32.2. The summed E-state index contributed by atoms with van der Waals surface area (Å²) < 4.78 is 37.7. The maximum atomic E-state index is 12.9.